The second kappa shape index (κ2) is 6.07. The third-order valence-corrected chi connectivity index (χ3v) is 5.63. The molecule has 0 spiro atoms. The molecule has 0 heterocycles. The molecular formula is C16H6Cl5F. The zero-order valence-electron chi connectivity index (χ0n) is 10.7. The Morgan fingerprint density at radius 1 is 0.591 bits per heavy atom. The van der Waals surface area contributed by atoms with Gasteiger partial charge in [-0.2, -0.15) is 0 Å². The molecule has 0 nitrogen and oxygen atoms in total. The highest BCUT2D eigenvalue weighted by atomic mass is 35.5. The SMILES string of the molecule is Fc1ccc(-c2c(Cl)c(Cl)c(Cl)c(Cl)c2Cl)c2ccccc12. The van der Waals surface area contributed by atoms with Crippen LogP contribution in [0.2, 0.25) is 25.1 Å². The van der Waals surface area contributed by atoms with E-state index >= 15 is 0 Å². The third-order valence-electron chi connectivity index (χ3n) is 3.35. The molecule has 0 aliphatic heterocycles. The molecule has 0 unspecified atom stereocenters. The van der Waals surface area contributed by atoms with Crippen LogP contribution in [0.3, 0.4) is 0 Å². The summed E-state index contributed by atoms with van der Waals surface area (Å²) in [6.45, 7) is 0. The van der Waals surface area contributed by atoms with E-state index in [1.165, 1.54) is 6.07 Å². The minimum Gasteiger partial charge on any atom is -0.206 e. The van der Waals surface area contributed by atoms with Crippen molar-refractivity contribution in [2.24, 2.45) is 0 Å². The molecule has 0 aromatic heterocycles. The summed E-state index contributed by atoms with van der Waals surface area (Å²) in [7, 11) is 0. The van der Waals surface area contributed by atoms with Crippen LogP contribution in [0.4, 0.5) is 4.39 Å². The molecule has 3 aromatic carbocycles. The number of fused-ring (bicyclic) bond motifs is 1. The first kappa shape index (κ1) is 16.2. The summed E-state index contributed by atoms with van der Waals surface area (Å²) >= 11 is 30.8. The Morgan fingerprint density at radius 3 is 1.68 bits per heavy atom. The summed E-state index contributed by atoms with van der Waals surface area (Å²) in [5.41, 5.74) is 1.06. The molecule has 0 saturated carbocycles. The number of hydrogen-bond acceptors (Lipinski definition) is 0. The highest BCUT2D eigenvalue weighted by molar-refractivity contribution is 6.56. The summed E-state index contributed by atoms with van der Waals surface area (Å²) in [4.78, 5) is 0. The van der Waals surface area contributed by atoms with Gasteiger partial charge in [0.1, 0.15) is 5.82 Å². The minimum atomic E-state index is -0.335. The fourth-order valence-electron chi connectivity index (χ4n) is 2.32. The van der Waals surface area contributed by atoms with E-state index in [0.29, 0.717) is 21.9 Å². The van der Waals surface area contributed by atoms with Gasteiger partial charge in [0.25, 0.3) is 0 Å². The van der Waals surface area contributed by atoms with Gasteiger partial charge in [0.2, 0.25) is 0 Å². The summed E-state index contributed by atoms with van der Waals surface area (Å²) in [6, 6.07) is 9.93. The normalized spacial score (nSPS) is 11.2. The van der Waals surface area contributed by atoms with Crippen LogP contribution in [0.5, 0.6) is 0 Å². The predicted octanol–water partition coefficient (Wildman–Crippen LogP) is 7.91. The van der Waals surface area contributed by atoms with Crippen molar-refractivity contribution in [1.29, 1.82) is 0 Å². The van der Waals surface area contributed by atoms with Crippen LogP contribution in [0.25, 0.3) is 21.9 Å². The van der Waals surface area contributed by atoms with Gasteiger partial charge in [-0.05, 0) is 17.0 Å². The van der Waals surface area contributed by atoms with Crippen LogP contribution in [-0.4, -0.2) is 0 Å². The monoisotopic (exact) mass is 392 g/mol. The summed E-state index contributed by atoms with van der Waals surface area (Å²) in [5.74, 6) is -0.335. The van der Waals surface area contributed by atoms with Crippen LogP contribution in [0.1, 0.15) is 0 Å². The molecule has 0 atom stereocenters. The Balaban J connectivity index is 2.46. The first-order chi connectivity index (χ1) is 10.4. The lowest BCUT2D eigenvalue weighted by Gasteiger charge is -2.15. The molecular weight excluding hydrogens is 388 g/mol. The molecule has 0 aliphatic rings. The largest absolute Gasteiger partial charge is 0.206 e. The van der Waals surface area contributed by atoms with E-state index in [4.69, 9.17) is 58.0 Å². The van der Waals surface area contributed by atoms with Crippen LogP contribution in [0, 0.1) is 5.82 Å². The molecule has 3 rings (SSSR count). The maximum atomic E-state index is 14.0. The second-order valence-electron chi connectivity index (χ2n) is 4.59. The summed E-state index contributed by atoms with van der Waals surface area (Å²) < 4.78 is 14.0. The summed E-state index contributed by atoms with van der Waals surface area (Å²) in [6.07, 6.45) is 0. The molecule has 0 fully saturated rings. The molecule has 0 amide bonds. The van der Waals surface area contributed by atoms with Crippen molar-refractivity contribution in [1.82, 2.24) is 0 Å². The van der Waals surface area contributed by atoms with E-state index in [1.54, 1.807) is 30.3 Å². The molecule has 0 aliphatic carbocycles. The Morgan fingerprint density at radius 2 is 1.09 bits per heavy atom. The van der Waals surface area contributed by atoms with E-state index in [9.17, 15) is 4.39 Å². The fourth-order valence-corrected chi connectivity index (χ4v) is 3.66. The van der Waals surface area contributed by atoms with Gasteiger partial charge in [0.15, 0.2) is 0 Å². The Bertz CT molecular complexity index is 876. The molecule has 0 radical (unpaired) electrons. The molecule has 112 valence electrons. The minimum absolute atomic E-state index is 0.0912. The average Bonchev–Trinajstić information content (AvgIpc) is 2.53. The number of benzene rings is 3. The lowest BCUT2D eigenvalue weighted by molar-refractivity contribution is 0.640. The van der Waals surface area contributed by atoms with Crippen molar-refractivity contribution < 1.29 is 4.39 Å². The van der Waals surface area contributed by atoms with Crippen LogP contribution < -0.4 is 0 Å². The van der Waals surface area contributed by atoms with Crippen molar-refractivity contribution in [3.63, 3.8) is 0 Å². The van der Waals surface area contributed by atoms with Gasteiger partial charge in [-0.25, -0.2) is 4.39 Å². The van der Waals surface area contributed by atoms with Crippen LogP contribution in [0.15, 0.2) is 36.4 Å². The number of halogens is 6. The predicted molar refractivity (Wildman–Crippen MR) is 94.4 cm³/mol. The lowest BCUT2D eigenvalue weighted by atomic mass is 9.97. The quantitative estimate of drug-likeness (QED) is 0.290. The molecule has 0 N–H and O–H groups in total. The van der Waals surface area contributed by atoms with Gasteiger partial charge in [-0.3, -0.25) is 0 Å². The summed E-state index contributed by atoms with van der Waals surface area (Å²) in [5, 5.41) is 1.78. The topological polar surface area (TPSA) is 0 Å². The van der Waals surface area contributed by atoms with Gasteiger partial charge >= 0.3 is 0 Å². The van der Waals surface area contributed by atoms with Gasteiger partial charge in [-0.1, -0.05) is 88.3 Å². The van der Waals surface area contributed by atoms with E-state index in [0.717, 1.165) is 0 Å². The maximum absolute atomic E-state index is 14.0. The van der Waals surface area contributed by atoms with Crippen molar-refractivity contribution in [2.75, 3.05) is 0 Å². The highest BCUT2D eigenvalue weighted by Gasteiger charge is 2.22. The molecule has 22 heavy (non-hydrogen) atoms. The van der Waals surface area contributed by atoms with E-state index in [1.807, 2.05) is 0 Å². The first-order valence-electron chi connectivity index (χ1n) is 6.12. The van der Waals surface area contributed by atoms with Crippen molar-refractivity contribution in [3.8, 4) is 11.1 Å². The Kier molecular flexibility index (Phi) is 4.46. The zero-order valence-corrected chi connectivity index (χ0v) is 14.5. The van der Waals surface area contributed by atoms with Crippen LogP contribution >= 0.6 is 58.0 Å². The Labute approximate surface area is 151 Å². The van der Waals surface area contributed by atoms with E-state index in [-0.39, 0.29) is 30.9 Å². The molecule has 0 bridgehead atoms. The van der Waals surface area contributed by atoms with Gasteiger partial charge in [0.05, 0.1) is 25.1 Å². The number of hydrogen-bond donors (Lipinski definition) is 0. The molecule has 0 saturated heterocycles. The Hall–Kier alpha value is -0.700. The number of rotatable bonds is 1. The second-order valence-corrected chi connectivity index (χ2v) is 6.48. The van der Waals surface area contributed by atoms with Crippen molar-refractivity contribution >= 4 is 68.8 Å². The van der Waals surface area contributed by atoms with Crippen molar-refractivity contribution in [3.05, 3.63) is 67.3 Å². The zero-order chi connectivity index (χ0) is 16.0. The van der Waals surface area contributed by atoms with Gasteiger partial charge < -0.3 is 0 Å². The van der Waals surface area contributed by atoms with Crippen LogP contribution in [-0.2, 0) is 0 Å². The van der Waals surface area contributed by atoms with E-state index < -0.39 is 0 Å². The smallest absolute Gasteiger partial charge is 0.131 e. The first-order valence-corrected chi connectivity index (χ1v) is 8.01. The molecule has 6 heteroatoms. The van der Waals surface area contributed by atoms with Gasteiger partial charge in [0, 0.05) is 10.9 Å². The maximum Gasteiger partial charge on any atom is 0.131 e. The lowest BCUT2D eigenvalue weighted by Crippen LogP contribution is -1.90. The standard InChI is InChI=1S/C16H6Cl5F/c17-12-11(13(18)15(20)16(21)14(12)19)9-5-6-10(22)8-4-2-1-3-7(8)9/h1-6H. The van der Waals surface area contributed by atoms with E-state index in [2.05, 4.69) is 0 Å². The fraction of sp³-hybridized carbons (Fsp3) is 0. The highest BCUT2D eigenvalue weighted by Crippen LogP contribution is 2.49. The third kappa shape index (κ3) is 2.46. The van der Waals surface area contributed by atoms with Gasteiger partial charge in [-0.15, -0.1) is 0 Å². The molecule has 3 aromatic rings. The average molecular weight is 394 g/mol. The van der Waals surface area contributed by atoms with Crippen molar-refractivity contribution in [2.45, 2.75) is 0 Å².